The summed E-state index contributed by atoms with van der Waals surface area (Å²) < 4.78 is 19.0. The van der Waals surface area contributed by atoms with E-state index in [1.165, 1.54) is 28.8 Å². The van der Waals surface area contributed by atoms with Crippen molar-refractivity contribution in [2.75, 3.05) is 6.54 Å². The summed E-state index contributed by atoms with van der Waals surface area (Å²) in [5, 5.41) is 0. The van der Waals surface area contributed by atoms with Gasteiger partial charge in [-0.25, -0.2) is 4.39 Å². The molecule has 2 N–H and O–H groups in total. The third-order valence-electron chi connectivity index (χ3n) is 4.69. The molecule has 0 spiro atoms. The maximum absolute atomic E-state index is 13.1. The van der Waals surface area contributed by atoms with E-state index in [1.54, 1.807) is 0 Å². The first kappa shape index (κ1) is 18.2. The molecule has 3 aromatic rings. The molecule has 0 amide bonds. The molecule has 0 aliphatic carbocycles. The summed E-state index contributed by atoms with van der Waals surface area (Å²) in [4.78, 5) is 0. The highest BCUT2D eigenvalue weighted by Gasteiger charge is 2.11. The molecule has 3 aromatic carbocycles. The number of hydrogen-bond donors (Lipinski definition) is 1. The van der Waals surface area contributed by atoms with Gasteiger partial charge in [-0.2, -0.15) is 0 Å². The van der Waals surface area contributed by atoms with Crippen LogP contribution in [-0.2, 0) is 13.0 Å². The summed E-state index contributed by atoms with van der Waals surface area (Å²) in [7, 11) is 0. The van der Waals surface area contributed by atoms with Crippen LogP contribution in [0.25, 0.3) is 0 Å². The number of benzene rings is 3. The number of ether oxygens (including phenoxy) is 1. The van der Waals surface area contributed by atoms with Crippen LogP contribution in [0, 0.1) is 12.7 Å². The number of rotatable bonds is 7. The Labute approximate surface area is 154 Å². The van der Waals surface area contributed by atoms with Gasteiger partial charge in [-0.1, -0.05) is 48.5 Å². The minimum absolute atomic E-state index is 0.175. The van der Waals surface area contributed by atoms with Gasteiger partial charge >= 0.3 is 0 Å². The van der Waals surface area contributed by atoms with E-state index >= 15 is 0 Å². The monoisotopic (exact) mass is 349 g/mol. The van der Waals surface area contributed by atoms with Crippen LogP contribution in [0.3, 0.4) is 0 Å². The maximum atomic E-state index is 13.1. The Morgan fingerprint density at radius 3 is 2.27 bits per heavy atom. The van der Waals surface area contributed by atoms with Gasteiger partial charge in [-0.15, -0.1) is 0 Å². The van der Waals surface area contributed by atoms with Crippen LogP contribution in [0.1, 0.15) is 28.2 Å². The lowest BCUT2D eigenvalue weighted by molar-refractivity contribution is 0.305. The van der Waals surface area contributed by atoms with Gasteiger partial charge < -0.3 is 10.5 Å². The van der Waals surface area contributed by atoms with Crippen LogP contribution in [0.15, 0.2) is 72.8 Å². The van der Waals surface area contributed by atoms with Gasteiger partial charge in [0, 0.05) is 5.92 Å². The third kappa shape index (κ3) is 4.70. The molecule has 0 aliphatic rings. The van der Waals surface area contributed by atoms with Crippen LogP contribution < -0.4 is 10.5 Å². The van der Waals surface area contributed by atoms with E-state index in [9.17, 15) is 4.39 Å². The second kappa shape index (κ2) is 8.63. The van der Waals surface area contributed by atoms with Gasteiger partial charge in [-0.05, 0) is 66.4 Å². The minimum atomic E-state index is -0.223. The Kier molecular flexibility index (Phi) is 6.03. The fourth-order valence-corrected chi connectivity index (χ4v) is 3.01. The average molecular weight is 349 g/mol. The van der Waals surface area contributed by atoms with Crippen molar-refractivity contribution in [2.24, 2.45) is 5.73 Å². The van der Waals surface area contributed by atoms with Crippen molar-refractivity contribution in [1.29, 1.82) is 0 Å². The van der Waals surface area contributed by atoms with Gasteiger partial charge in [-0.3, -0.25) is 0 Å². The summed E-state index contributed by atoms with van der Waals surface area (Å²) in [6, 6.07) is 22.9. The first-order valence-corrected chi connectivity index (χ1v) is 8.87. The predicted octanol–water partition coefficient (Wildman–Crippen LogP) is 5.00. The van der Waals surface area contributed by atoms with Crippen LogP contribution >= 0.6 is 0 Å². The molecule has 0 aromatic heterocycles. The number of halogens is 1. The second-order valence-corrected chi connectivity index (χ2v) is 6.55. The number of aryl methyl sites for hydroxylation is 1. The van der Waals surface area contributed by atoms with Crippen LogP contribution in [0.2, 0.25) is 0 Å². The summed E-state index contributed by atoms with van der Waals surface area (Å²) in [5.41, 5.74) is 10.6. The van der Waals surface area contributed by atoms with Crippen molar-refractivity contribution in [3.63, 3.8) is 0 Å². The normalized spacial score (nSPS) is 12.0. The highest BCUT2D eigenvalue weighted by molar-refractivity contribution is 5.31. The van der Waals surface area contributed by atoms with E-state index in [1.807, 2.05) is 36.4 Å². The molecule has 0 fully saturated rings. The fraction of sp³-hybridized carbons (Fsp3) is 0.217. The van der Waals surface area contributed by atoms with Crippen molar-refractivity contribution >= 4 is 0 Å². The SMILES string of the molecule is Cc1ccccc1COc1ccc(CC(CN)c2ccc(F)cc2)cc1. The van der Waals surface area contributed by atoms with Gasteiger partial charge in [0.1, 0.15) is 18.2 Å². The van der Waals surface area contributed by atoms with E-state index in [0.717, 1.165) is 17.7 Å². The second-order valence-electron chi connectivity index (χ2n) is 6.55. The first-order chi connectivity index (χ1) is 12.7. The zero-order chi connectivity index (χ0) is 18.4. The zero-order valence-electron chi connectivity index (χ0n) is 15.0. The minimum Gasteiger partial charge on any atom is -0.489 e. The topological polar surface area (TPSA) is 35.2 Å². The molecule has 26 heavy (non-hydrogen) atoms. The molecule has 0 saturated carbocycles. The standard InChI is InChI=1S/C23H24FNO/c1-17-4-2-3-5-20(17)16-26-23-12-6-18(7-13-23)14-21(15-25)19-8-10-22(24)11-9-19/h2-13,21H,14-16,25H2,1H3. The maximum Gasteiger partial charge on any atom is 0.123 e. The molecule has 0 radical (unpaired) electrons. The molecule has 1 unspecified atom stereocenters. The lowest BCUT2D eigenvalue weighted by atomic mass is 9.92. The zero-order valence-corrected chi connectivity index (χ0v) is 15.0. The van der Waals surface area contributed by atoms with Crippen molar-refractivity contribution < 1.29 is 9.13 Å². The van der Waals surface area contributed by atoms with Crippen LogP contribution in [0.4, 0.5) is 4.39 Å². The first-order valence-electron chi connectivity index (χ1n) is 8.87. The Balaban J connectivity index is 1.61. The van der Waals surface area contributed by atoms with Gasteiger partial charge in [0.05, 0.1) is 0 Å². The Morgan fingerprint density at radius 2 is 1.62 bits per heavy atom. The smallest absolute Gasteiger partial charge is 0.123 e. The lowest BCUT2D eigenvalue weighted by Gasteiger charge is -2.16. The highest BCUT2D eigenvalue weighted by atomic mass is 19.1. The Hall–Kier alpha value is -2.65. The molecule has 3 rings (SSSR count). The average Bonchev–Trinajstić information content (AvgIpc) is 2.67. The van der Waals surface area contributed by atoms with Crippen molar-refractivity contribution in [3.05, 3.63) is 101 Å². The summed E-state index contributed by atoms with van der Waals surface area (Å²) in [6.45, 7) is 3.17. The third-order valence-corrected chi connectivity index (χ3v) is 4.69. The summed E-state index contributed by atoms with van der Waals surface area (Å²) >= 11 is 0. The molecule has 3 heteroatoms. The molecule has 2 nitrogen and oxygen atoms in total. The molecular formula is C23H24FNO. The largest absolute Gasteiger partial charge is 0.489 e. The summed E-state index contributed by atoms with van der Waals surface area (Å²) in [5.74, 6) is 0.803. The highest BCUT2D eigenvalue weighted by Crippen LogP contribution is 2.22. The van der Waals surface area contributed by atoms with Crippen molar-refractivity contribution in [1.82, 2.24) is 0 Å². The quantitative estimate of drug-likeness (QED) is 0.651. The lowest BCUT2D eigenvalue weighted by Crippen LogP contribution is -2.15. The van der Waals surface area contributed by atoms with Crippen molar-refractivity contribution in [2.45, 2.75) is 25.9 Å². The van der Waals surface area contributed by atoms with Gasteiger partial charge in [0.2, 0.25) is 0 Å². The van der Waals surface area contributed by atoms with Crippen molar-refractivity contribution in [3.8, 4) is 5.75 Å². The molecule has 0 bridgehead atoms. The van der Waals surface area contributed by atoms with Gasteiger partial charge in [0.25, 0.3) is 0 Å². The predicted molar refractivity (Wildman–Crippen MR) is 104 cm³/mol. The van der Waals surface area contributed by atoms with Gasteiger partial charge in [0.15, 0.2) is 0 Å². The van der Waals surface area contributed by atoms with E-state index in [2.05, 4.69) is 31.2 Å². The molecule has 0 aliphatic heterocycles. The summed E-state index contributed by atoms with van der Waals surface area (Å²) in [6.07, 6.45) is 0.820. The molecule has 0 saturated heterocycles. The number of hydrogen-bond acceptors (Lipinski definition) is 2. The Morgan fingerprint density at radius 1 is 0.923 bits per heavy atom. The fourth-order valence-electron chi connectivity index (χ4n) is 3.01. The van der Waals surface area contributed by atoms with Crippen LogP contribution in [-0.4, -0.2) is 6.54 Å². The molecule has 134 valence electrons. The molecule has 1 atom stereocenters. The van der Waals surface area contributed by atoms with Crippen LogP contribution in [0.5, 0.6) is 5.75 Å². The number of nitrogens with two attached hydrogens (primary N) is 1. The van der Waals surface area contributed by atoms with E-state index < -0.39 is 0 Å². The van der Waals surface area contributed by atoms with E-state index in [4.69, 9.17) is 10.5 Å². The van der Waals surface area contributed by atoms with E-state index in [-0.39, 0.29) is 11.7 Å². The van der Waals surface area contributed by atoms with E-state index in [0.29, 0.717) is 13.2 Å². The molecular weight excluding hydrogens is 325 g/mol. The Bertz CT molecular complexity index is 828. The molecule has 0 heterocycles.